The summed E-state index contributed by atoms with van der Waals surface area (Å²) in [5.74, 6) is 0.345. The quantitative estimate of drug-likeness (QED) is 0.889. The molecule has 1 aromatic carbocycles. The number of nitrogens with zero attached hydrogens (tertiary/aromatic N) is 1. The fourth-order valence-corrected chi connectivity index (χ4v) is 3.26. The van der Waals surface area contributed by atoms with E-state index in [1.165, 1.54) is 11.1 Å². The summed E-state index contributed by atoms with van der Waals surface area (Å²) in [7, 11) is 0. The first kappa shape index (κ1) is 19.5. The highest BCUT2D eigenvalue weighted by atomic mass is 16.2. The molecular formula is C21H32N2O2. The number of likely N-dealkylation sites (tertiary alicyclic amines) is 1. The average molecular weight is 344 g/mol. The Labute approximate surface area is 152 Å². The Morgan fingerprint density at radius 2 is 1.88 bits per heavy atom. The fraction of sp³-hybridized carbons (Fsp3) is 0.619. The van der Waals surface area contributed by atoms with Crippen molar-refractivity contribution in [1.82, 2.24) is 10.2 Å². The lowest BCUT2D eigenvalue weighted by Gasteiger charge is -2.34. The summed E-state index contributed by atoms with van der Waals surface area (Å²) in [4.78, 5) is 26.4. The zero-order chi connectivity index (χ0) is 18.4. The van der Waals surface area contributed by atoms with Gasteiger partial charge in [-0.25, -0.2) is 0 Å². The van der Waals surface area contributed by atoms with Crippen molar-refractivity contribution in [3.63, 3.8) is 0 Å². The minimum atomic E-state index is 0.0257. The molecule has 4 heteroatoms. The number of hydrogen-bond donors (Lipinski definition) is 1. The Morgan fingerprint density at radius 3 is 2.48 bits per heavy atom. The molecule has 0 aromatic heterocycles. The van der Waals surface area contributed by atoms with Crippen LogP contribution in [-0.4, -0.2) is 35.8 Å². The van der Waals surface area contributed by atoms with E-state index in [0.29, 0.717) is 12.8 Å². The molecule has 0 aliphatic carbocycles. The summed E-state index contributed by atoms with van der Waals surface area (Å²) in [6, 6.07) is 8.50. The molecule has 25 heavy (non-hydrogen) atoms. The first-order chi connectivity index (χ1) is 11.7. The third-order valence-electron chi connectivity index (χ3n) is 4.62. The monoisotopic (exact) mass is 344 g/mol. The van der Waals surface area contributed by atoms with Gasteiger partial charge in [0.2, 0.25) is 11.8 Å². The van der Waals surface area contributed by atoms with Crippen molar-refractivity contribution in [1.29, 1.82) is 0 Å². The van der Waals surface area contributed by atoms with Gasteiger partial charge in [0.15, 0.2) is 0 Å². The van der Waals surface area contributed by atoms with Gasteiger partial charge in [-0.05, 0) is 37.2 Å². The van der Waals surface area contributed by atoms with Crippen LogP contribution in [0.4, 0.5) is 0 Å². The molecule has 0 bridgehead atoms. The highest BCUT2D eigenvalue weighted by Crippen LogP contribution is 2.21. The van der Waals surface area contributed by atoms with Crippen molar-refractivity contribution in [3.05, 3.63) is 35.4 Å². The molecule has 1 aliphatic rings. The first-order valence-corrected chi connectivity index (χ1v) is 9.36. The van der Waals surface area contributed by atoms with Crippen LogP contribution in [0.25, 0.3) is 0 Å². The van der Waals surface area contributed by atoms with Crippen molar-refractivity contribution in [2.24, 2.45) is 5.41 Å². The molecule has 1 heterocycles. The van der Waals surface area contributed by atoms with Crippen LogP contribution < -0.4 is 5.32 Å². The summed E-state index contributed by atoms with van der Waals surface area (Å²) in [5, 5.41) is 3.13. The minimum Gasteiger partial charge on any atom is -0.353 e. The lowest BCUT2D eigenvalue weighted by Crippen LogP contribution is -2.47. The molecule has 0 spiro atoms. The molecule has 0 unspecified atom stereocenters. The van der Waals surface area contributed by atoms with E-state index in [1.807, 2.05) is 11.0 Å². The van der Waals surface area contributed by atoms with Crippen LogP contribution in [0.1, 0.15) is 57.6 Å². The second-order valence-electron chi connectivity index (χ2n) is 8.45. The van der Waals surface area contributed by atoms with E-state index in [9.17, 15) is 9.59 Å². The maximum atomic E-state index is 12.3. The predicted octanol–water partition coefficient (Wildman–Crippen LogP) is 3.47. The second-order valence-corrected chi connectivity index (χ2v) is 8.45. The van der Waals surface area contributed by atoms with Crippen LogP contribution in [-0.2, 0) is 16.0 Å². The SMILES string of the molecule is Cc1cccc(CCC(=O)NC2CCN(C(=O)CC(C)(C)C)CC2)c1. The van der Waals surface area contributed by atoms with Gasteiger partial charge in [0, 0.05) is 32.0 Å². The Hall–Kier alpha value is -1.84. The molecular weight excluding hydrogens is 312 g/mol. The number of hydrogen-bond acceptors (Lipinski definition) is 2. The largest absolute Gasteiger partial charge is 0.353 e. The number of rotatable bonds is 5. The van der Waals surface area contributed by atoms with E-state index in [1.54, 1.807) is 0 Å². The van der Waals surface area contributed by atoms with Crippen molar-refractivity contribution >= 4 is 11.8 Å². The number of piperidine rings is 1. The van der Waals surface area contributed by atoms with Gasteiger partial charge in [0.05, 0.1) is 0 Å². The van der Waals surface area contributed by atoms with Crippen LogP contribution in [0.15, 0.2) is 24.3 Å². The molecule has 1 saturated heterocycles. The van der Waals surface area contributed by atoms with Gasteiger partial charge < -0.3 is 10.2 Å². The van der Waals surface area contributed by atoms with E-state index in [4.69, 9.17) is 0 Å². The van der Waals surface area contributed by atoms with Gasteiger partial charge in [-0.3, -0.25) is 9.59 Å². The lowest BCUT2D eigenvalue weighted by atomic mass is 9.91. The van der Waals surface area contributed by atoms with Crippen LogP contribution in [0.2, 0.25) is 0 Å². The van der Waals surface area contributed by atoms with E-state index >= 15 is 0 Å². The number of carbonyl (C=O) groups is 2. The Balaban J connectivity index is 1.70. The van der Waals surface area contributed by atoms with Crippen molar-refractivity contribution in [2.45, 2.75) is 65.8 Å². The molecule has 1 N–H and O–H groups in total. The summed E-state index contributed by atoms with van der Waals surface area (Å²) in [6.45, 7) is 9.83. The highest BCUT2D eigenvalue weighted by Gasteiger charge is 2.26. The number of nitrogens with one attached hydrogen (secondary N) is 1. The maximum absolute atomic E-state index is 12.3. The summed E-state index contributed by atoms with van der Waals surface area (Å²) < 4.78 is 0. The average Bonchev–Trinajstić information content (AvgIpc) is 2.52. The first-order valence-electron chi connectivity index (χ1n) is 9.36. The molecule has 0 atom stereocenters. The molecule has 138 valence electrons. The smallest absolute Gasteiger partial charge is 0.223 e. The van der Waals surface area contributed by atoms with E-state index in [0.717, 1.165) is 32.4 Å². The van der Waals surface area contributed by atoms with E-state index in [-0.39, 0.29) is 23.3 Å². The Bertz CT molecular complexity index is 596. The summed E-state index contributed by atoms with van der Waals surface area (Å²) in [6.07, 6.45) is 3.59. The van der Waals surface area contributed by atoms with Crippen LogP contribution >= 0.6 is 0 Å². The van der Waals surface area contributed by atoms with Gasteiger partial charge in [0.25, 0.3) is 0 Å². The molecule has 0 radical (unpaired) electrons. The maximum Gasteiger partial charge on any atom is 0.223 e. The third kappa shape index (κ3) is 6.89. The van der Waals surface area contributed by atoms with Crippen LogP contribution in [0.3, 0.4) is 0 Å². The van der Waals surface area contributed by atoms with E-state index < -0.39 is 0 Å². The number of aryl methyl sites for hydroxylation is 2. The van der Waals surface area contributed by atoms with Crippen molar-refractivity contribution in [3.8, 4) is 0 Å². The minimum absolute atomic E-state index is 0.0257. The second kappa shape index (κ2) is 8.50. The molecule has 2 amide bonds. The van der Waals surface area contributed by atoms with Crippen molar-refractivity contribution < 1.29 is 9.59 Å². The third-order valence-corrected chi connectivity index (χ3v) is 4.62. The molecule has 1 fully saturated rings. The highest BCUT2D eigenvalue weighted by molar-refractivity contribution is 5.77. The topological polar surface area (TPSA) is 49.4 Å². The molecule has 2 rings (SSSR count). The molecule has 4 nitrogen and oxygen atoms in total. The standard InChI is InChI=1S/C21H32N2O2/c1-16-6-5-7-17(14-16)8-9-19(24)22-18-10-12-23(13-11-18)20(25)15-21(2,3)4/h5-7,14,18H,8-13,15H2,1-4H3,(H,22,24). The number of amides is 2. The fourth-order valence-electron chi connectivity index (χ4n) is 3.26. The predicted molar refractivity (Wildman–Crippen MR) is 101 cm³/mol. The van der Waals surface area contributed by atoms with Crippen molar-refractivity contribution in [2.75, 3.05) is 13.1 Å². The van der Waals surface area contributed by atoms with Crippen LogP contribution in [0.5, 0.6) is 0 Å². The van der Waals surface area contributed by atoms with E-state index in [2.05, 4.69) is 51.2 Å². The summed E-state index contributed by atoms with van der Waals surface area (Å²) in [5.41, 5.74) is 2.46. The van der Waals surface area contributed by atoms with Gasteiger partial charge in [-0.1, -0.05) is 50.6 Å². The zero-order valence-corrected chi connectivity index (χ0v) is 16.1. The molecule has 1 aliphatic heterocycles. The molecule has 0 saturated carbocycles. The normalized spacial score (nSPS) is 15.9. The lowest BCUT2D eigenvalue weighted by molar-refractivity contribution is -0.134. The summed E-state index contributed by atoms with van der Waals surface area (Å²) >= 11 is 0. The number of carbonyl (C=O) groups excluding carboxylic acids is 2. The van der Waals surface area contributed by atoms with Gasteiger partial charge >= 0.3 is 0 Å². The number of benzene rings is 1. The Kier molecular flexibility index (Phi) is 6.63. The van der Waals surface area contributed by atoms with Crippen LogP contribution in [0, 0.1) is 12.3 Å². The van der Waals surface area contributed by atoms with Gasteiger partial charge in [-0.2, -0.15) is 0 Å². The Morgan fingerprint density at radius 1 is 1.20 bits per heavy atom. The van der Waals surface area contributed by atoms with Gasteiger partial charge in [-0.15, -0.1) is 0 Å². The zero-order valence-electron chi connectivity index (χ0n) is 16.1. The van der Waals surface area contributed by atoms with Gasteiger partial charge in [0.1, 0.15) is 0 Å². The molecule has 1 aromatic rings.